The average molecular weight is 835 g/mol. The van der Waals surface area contributed by atoms with Gasteiger partial charge in [-0.2, -0.15) is 0 Å². The van der Waals surface area contributed by atoms with Crippen LogP contribution >= 0.6 is 11.3 Å². The number of aliphatic hydroxyl groups is 1. The summed E-state index contributed by atoms with van der Waals surface area (Å²) >= 11 is 1.34. The number of aliphatic hydroxyl groups excluding tert-OH is 1. The molecule has 3 fully saturated rings. The summed E-state index contributed by atoms with van der Waals surface area (Å²) in [6, 6.07) is -1.05. The molecule has 18 heteroatoms. The monoisotopic (exact) mass is 834 g/mol. The zero-order chi connectivity index (χ0) is 42.7. The number of fused-ring (bicyclic) bond motifs is 1. The fraction of sp³-hybridized carbons (Fsp3) is 0.800. The van der Waals surface area contributed by atoms with E-state index in [1.54, 1.807) is 29.8 Å². The number of nitrogen functional groups attached to an aromatic ring is 1. The van der Waals surface area contributed by atoms with E-state index in [1.165, 1.54) is 18.3 Å². The van der Waals surface area contributed by atoms with Crippen LogP contribution in [0, 0.1) is 17.8 Å². The molecule has 0 radical (unpaired) electrons. The smallest absolute Gasteiger partial charge is 0.410 e. The second-order valence-corrected chi connectivity index (χ2v) is 18.3. The second kappa shape index (κ2) is 19.0. The largest absolute Gasteiger partial charge is 0.458 e. The fourth-order valence-corrected chi connectivity index (χ4v) is 9.76. The molecule has 2 unspecified atom stereocenters. The predicted octanol–water partition coefficient (Wildman–Crippen LogP) is 3.74. The Morgan fingerprint density at radius 3 is 2.47 bits per heavy atom. The van der Waals surface area contributed by atoms with Gasteiger partial charge in [0.1, 0.15) is 33.8 Å². The lowest BCUT2D eigenvalue weighted by Crippen LogP contribution is -2.61. The van der Waals surface area contributed by atoms with Crippen LogP contribution in [-0.2, 0) is 39.8 Å². The molecule has 2 aromatic heterocycles. The predicted molar refractivity (Wildman–Crippen MR) is 218 cm³/mol. The topological polar surface area (TPSA) is 206 Å². The summed E-state index contributed by atoms with van der Waals surface area (Å²) < 4.78 is 33.2. The number of aromatic nitrogens is 4. The van der Waals surface area contributed by atoms with Crippen molar-refractivity contribution < 1.29 is 43.2 Å². The first kappa shape index (κ1) is 45.8. The van der Waals surface area contributed by atoms with Crippen molar-refractivity contribution in [2.45, 2.75) is 154 Å². The summed E-state index contributed by atoms with van der Waals surface area (Å²) in [5.41, 5.74) is 4.21. The molecular formula is C40H66N8O9S. The van der Waals surface area contributed by atoms with Gasteiger partial charge in [-0.25, -0.2) is 9.78 Å². The molecule has 3 aliphatic heterocycles. The number of nitrogens with one attached hydrogen (secondary N) is 1. The maximum atomic E-state index is 14.4. The lowest BCUT2D eigenvalue weighted by Gasteiger charge is -2.46. The first-order valence-corrected chi connectivity index (χ1v) is 21.4. The summed E-state index contributed by atoms with van der Waals surface area (Å²) in [6.07, 6.45) is 1.70. The molecule has 2 aromatic rings. The number of ether oxygens (including phenoxy) is 5. The lowest BCUT2D eigenvalue weighted by atomic mass is 9.78. The van der Waals surface area contributed by atoms with Crippen molar-refractivity contribution in [1.29, 1.82) is 0 Å². The molecule has 0 aromatic carbocycles. The van der Waals surface area contributed by atoms with Crippen molar-refractivity contribution >= 4 is 34.2 Å². The number of amides is 1. The number of carbonyl (C=O) groups is 3. The summed E-state index contributed by atoms with van der Waals surface area (Å²) in [5, 5.41) is 24.9. The number of ketones is 1. The highest BCUT2D eigenvalue weighted by molar-refractivity contribution is 7.18. The highest BCUT2D eigenvalue weighted by Gasteiger charge is 2.58. The van der Waals surface area contributed by atoms with E-state index in [0.717, 1.165) is 0 Å². The number of esters is 1. The van der Waals surface area contributed by atoms with E-state index in [2.05, 4.69) is 27.5 Å². The number of hydrogen-bond donors (Lipinski definition) is 3. The van der Waals surface area contributed by atoms with Crippen LogP contribution in [0.4, 0.5) is 9.80 Å². The first-order chi connectivity index (χ1) is 27.3. The van der Waals surface area contributed by atoms with Gasteiger partial charge in [0.2, 0.25) is 0 Å². The van der Waals surface area contributed by atoms with Crippen molar-refractivity contribution in [1.82, 2.24) is 35.1 Å². The SMILES string of the molecule is CC[C@H]1OC(=O)[C@H](C)C(=O)[C@H](C)[C@@H](O[C@@H]2O[C@H](C)CC(N(C)C)C2O)[C@](C)(OC)C[C@@H](C)CN[C@H](C)[C@H]2N(CCCCn3cc(-c4ncc(N)s4)nn3)C(=O)O[C@]12C. The minimum atomic E-state index is -1.23. The Kier molecular flexibility index (Phi) is 15.0. The number of nitrogens with two attached hydrogens (primary N) is 1. The number of unbranched alkanes of at least 4 members (excludes halogenated alkanes) is 1. The van der Waals surface area contributed by atoms with Crippen LogP contribution in [0.5, 0.6) is 0 Å². The van der Waals surface area contributed by atoms with E-state index in [4.69, 9.17) is 29.4 Å². The van der Waals surface area contributed by atoms with Crippen LogP contribution in [0.25, 0.3) is 10.7 Å². The maximum absolute atomic E-state index is 14.4. The summed E-state index contributed by atoms with van der Waals surface area (Å²) in [6.45, 7) is 16.4. The van der Waals surface area contributed by atoms with Gasteiger partial charge in [0.15, 0.2) is 17.7 Å². The van der Waals surface area contributed by atoms with E-state index in [1.807, 2.05) is 59.8 Å². The molecule has 5 heterocycles. The van der Waals surface area contributed by atoms with Gasteiger partial charge in [-0.15, -0.1) is 5.10 Å². The van der Waals surface area contributed by atoms with Crippen molar-refractivity contribution in [2.24, 2.45) is 17.8 Å². The molecule has 5 rings (SSSR count). The first-order valence-electron chi connectivity index (χ1n) is 20.6. The number of carbonyl (C=O) groups excluding carboxylic acids is 3. The molecule has 3 aliphatic rings. The molecule has 3 saturated heterocycles. The van der Waals surface area contributed by atoms with Crippen molar-refractivity contribution in [3.63, 3.8) is 0 Å². The normalized spacial score (nSPS) is 36.9. The Morgan fingerprint density at radius 1 is 1.12 bits per heavy atom. The van der Waals surface area contributed by atoms with Gasteiger partial charge < -0.3 is 44.7 Å². The summed E-state index contributed by atoms with van der Waals surface area (Å²) in [4.78, 5) is 50.1. The summed E-state index contributed by atoms with van der Waals surface area (Å²) in [7, 11) is 5.39. The molecule has 0 bridgehead atoms. The van der Waals surface area contributed by atoms with Gasteiger partial charge in [0, 0.05) is 38.2 Å². The van der Waals surface area contributed by atoms with Crippen LogP contribution < -0.4 is 11.1 Å². The third kappa shape index (κ3) is 9.85. The third-order valence-electron chi connectivity index (χ3n) is 12.4. The van der Waals surface area contributed by atoms with Crippen LogP contribution in [0.1, 0.15) is 87.5 Å². The van der Waals surface area contributed by atoms with Gasteiger partial charge in [-0.3, -0.25) is 19.2 Å². The minimum absolute atomic E-state index is 0.0139. The number of rotatable bonds is 11. The van der Waals surface area contributed by atoms with Gasteiger partial charge in [0.05, 0.1) is 36.2 Å². The van der Waals surface area contributed by atoms with E-state index in [0.29, 0.717) is 67.4 Å². The Bertz CT molecular complexity index is 1710. The second-order valence-electron chi connectivity index (χ2n) is 17.2. The number of nitrogens with zero attached hydrogens (tertiary/aromatic N) is 6. The Morgan fingerprint density at radius 2 is 1.83 bits per heavy atom. The molecule has 0 aliphatic carbocycles. The van der Waals surface area contributed by atoms with Crippen LogP contribution in [0.2, 0.25) is 0 Å². The van der Waals surface area contributed by atoms with E-state index < -0.39 is 71.5 Å². The number of hydrogen-bond acceptors (Lipinski definition) is 16. The highest BCUT2D eigenvalue weighted by Crippen LogP contribution is 2.40. The molecule has 1 amide bonds. The number of Topliss-reactive ketones (excluding diaryl/α,β-unsaturated/α-hetero) is 1. The maximum Gasteiger partial charge on any atom is 0.410 e. The van der Waals surface area contributed by atoms with E-state index >= 15 is 0 Å². The van der Waals surface area contributed by atoms with Crippen LogP contribution in [-0.4, -0.2) is 147 Å². The molecule has 4 N–H and O–H groups in total. The number of aryl methyl sites for hydroxylation is 1. The number of anilines is 1. The fourth-order valence-electron chi connectivity index (χ4n) is 9.13. The number of cyclic esters (lactones) is 1. The molecule has 17 nitrogen and oxygen atoms in total. The minimum Gasteiger partial charge on any atom is -0.458 e. The molecule has 0 spiro atoms. The number of likely N-dealkylation sites (N-methyl/N-ethyl adjacent to an activating group) is 1. The molecule has 58 heavy (non-hydrogen) atoms. The Labute approximate surface area is 346 Å². The number of thiazole rings is 1. The van der Waals surface area contributed by atoms with E-state index in [-0.39, 0.29) is 24.1 Å². The van der Waals surface area contributed by atoms with Crippen LogP contribution in [0.3, 0.4) is 0 Å². The van der Waals surface area contributed by atoms with Gasteiger partial charge in [-0.1, -0.05) is 37.3 Å². The van der Waals surface area contributed by atoms with Gasteiger partial charge in [-0.05, 0) is 93.3 Å². The van der Waals surface area contributed by atoms with Crippen molar-refractivity contribution in [3.8, 4) is 10.7 Å². The van der Waals surface area contributed by atoms with Gasteiger partial charge >= 0.3 is 12.1 Å². The molecular weight excluding hydrogens is 769 g/mol. The van der Waals surface area contributed by atoms with E-state index in [9.17, 15) is 19.5 Å². The Hall–Kier alpha value is -3.26. The quantitative estimate of drug-likeness (QED) is 0.168. The van der Waals surface area contributed by atoms with Crippen LogP contribution in [0.15, 0.2) is 12.4 Å². The zero-order valence-corrected chi connectivity index (χ0v) is 36.9. The van der Waals surface area contributed by atoms with Crippen molar-refractivity contribution in [2.75, 3.05) is 40.0 Å². The number of methoxy groups -OCH3 is 1. The van der Waals surface area contributed by atoms with Crippen molar-refractivity contribution in [3.05, 3.63) is 12.4 Å². The summed E-state index contributed by atoms with van der Waals surface area (Å²) in [5.74, 6) is -3.17. The lowest BCUT2D eigenvalue weighted by molar-refractivity contribution is -0.295. The zero-order valence-electron chi connectivity index (χ0n) is 36.0. The molecule has 326 valence electrons. The Balaban J connectivity index is 1.38. The standard InChI is InChI=1S/C40H66N8O9S/c1-12-29-40(8)33(48(38(52)57-40)16-14-13-15-47-21-27(44-45-47)35-43-20-30(41)58-35)26(6)42-19-22(2)18-39(7,53-11)34(24(4)31(49)25(5)36(51)55-29)56-37-32(50)28(46(9)10)17-23(3)54-37/h20-26,28-29,32-34,37,42,50H,12-19,41H2,1-11H3/t22-,23-,24+,25-,26-,28?,29-,32?,33-,34-,37+,39-,40-/m1/s1. The molecule has 0 saturated carbocycles. The third-order valence-corrected chi connectivity index (χ3v) is 13.2. The molecule has 13 atom stereocenters. The highest BCUT2D eigenvalue weighted by atomic mass is 32.1. The van der Waals surface area contributed by atoms with Gasteiger partial charge in [0.25, 0.3) is 0 Å². The average Bonchev–Trinajstić information content (AvgIpc) is 3.90.